The summed E-state index contributed by atoms with van der Waals surface area (Å²) in [4.78, 5) is 10.1. The summed E-state index contributed by atoms with van der Waals surface area (Å²) in [7, 11) is 1.88. The molecule has 18 heavy (non-hydrogen) atoms. The second kappa shape index (κ2) is 5.44. The lowest BCUT2D eigenvalue weighted by molar-refractivity contribution is 0.607. The lowest BCUT2D eigenvalue weighted by atomic mass is 10.2. The maximum absolute atomic E-state index is 13.6. The molecule has 3 nitrogen and oxygen atoms in total. The molecule has 0 amide bonds. The Labute approximate surface area is 114 Å². The Balaban J connectivity index is 2.21. The van der Waals surface area contributed by atoms with Gasteiger partial charge < -0.3 is 4.90 Å². The smallest absolute Gasteiger partial charge is 0.132 e. The lowest BCUT2D eigenvalue weighted by Crippen LogP contribution is -2.18. The van der Waals surface area contributed by atoms with E-state index in [4.69, 9.17) is 0 Å². The van der Waals surface area contributed by atoms with Crippen molar-refractivity contribution in [3.05, 3.63) is 52.1 Å². The van der Waals surface area contributed by atoms with Gasteiger partial charge in [-0.05, 0) is 25.1 Å². The molecule has 0 saturated carbocycles. The quantitative estimate of drug-likeness (QED) is 0.871. The first-order chi connectivity index (χ1) is 8.56. The van der Waals surface area contributed by atoms with E-state index in [1.165, 1.54) is 12.4 Å². The van der Waals surface area contributed by atoms with Gasteiger partial charge in [-0.2, -0.15) is 0 Å². The molecule has 0 atom stereocenters. The summed E-state index contributed by atoms with van der Waals surface area (Å²) in [5, 5.41) is 0. The number of benzene rings is 1. The number of nitrogens with zero attached hydrogens (tertiary/aromatic N) is 3. The van der Waals surface area contributed by atoms with Crippen molar-refractivity contribution in [1.82, 2.24) is 9.97 Å². The highest BCUT2D eigenvalue weighted by Crippen LogP contribution is 2.19. The SMILES string of the molecule is Cc1cc(N(C)Cc2cc(Br)ccc2F)ncn1. The molecule has 2 rings (SSSR count). The van der Waals surface area contributed by atoms with E-state index in [2.05, 4.69) is 25.9 Å². The fraction of sp³-hybridized carbons (Fsp3) is 0.231. The first-order valence-corrected chi connectivity index (χ1v) is 6.29. The zero-order valence-corrected chi connectivity index (χ0v) is 11.8. The highest BCUT2D eigenvalue weighted by Gasteiger charge is 2.08. The van der Waals surface area contributed by atoms with E-state index in [0.717, 1.165) is 16.0 Å². The number of aryl methyl sites for hydroxylation is 1. The Kier molecular flexibility index (Phi) is 3.91. The Morgan fingerprint density at radius 3 is 2.78 bits per heavy atom. The first-order valence-electron chi connectivity index (χ1n) is 5.50. The number of anilines is 1. The van der Waals surface area contributed by atoms with Crippen LogP contribution in [0.15, 0.2) is 35.1 Å². The third-order valence-corrected chi connectivity index (χ3v) is 3.09. The average molecular weight is 310 g/mol. The van der Waals surface area contributed by atoms with E-state index in [-0.39, 0.29) is 5.82 Å². The van der Waals surface area contributed by atoms with E-state index in [1.54, 1.807) is 12.1 Å². The summed E-state index contributed by atoms with van der Waals surface area (Å²) >= 11 is 3.34. The predicted octanol–water partition coefficient (Wildman–Crippen LogP) is 3.32. The van der Waals surface area contributed by atoms with E-state index >= 15 is 0 Å². The van der Waals surface area contributed by atoms with Crippen LogP contribution >= 0.6 is 15.9 Å². The molecule has 0 spiro atoms. The van der Waals surface area contributed by atoms with Crippen LogP contribution in [0.25, 0.3) is 0 Å². The highest BCUT2D eigenvalue weighted by atomic mass is 79.9. The summed E-state index contributed by atoms with van der Waals surface area (Å²) in [5.41, 5.74) is 1.52. The average Bonchev–Trinajstić information content (AvgIpc) is 2.34. The molecule has 0 unspecified atom stereocenters. The maximum Gasteiger partial charge on any atom is 0.132 e. The van der Waals surface area contributed by atoms with Gasteiger partial charge in [-0.25, -0.2) is 14.4 Å². The first kappa shape index (κ1) is 13.0. The van der Waals surface area contributed by atoms with Crippen molar-refractivity contribution in [1.29, 1.82) is 0 Å². The normalized spacial score (nSPS) is 10.4. The molecule has 2 aromatic rings. The van der Waals surface area contributed by atoms with Gasteiger partial charge >= 0.3 is 0 Å². The number of aromatic nitrogens is 2. The van der Waals surface area contributed by atoms with Crippen molar-refractivity contribution >= 4 is 21.7 Å². The molecule has 0 saturated heterocycles. The minimum atomic E-state index is -0.212. The summed E-state index contributed by atoms with van der Waals surface area (Å²) in [6.45, 7) is 2.36. The van der Waals surface area contributed by atoms with Crippen molar-refractivity contribution in [3.63, 3.8) is 0 Å². The van der Waals surface area contributed by atoms with Crippen molar-refractivity contribution in [3.8, 4) is 0 Å². The zero-order valence-electron chi connectivity index (χ0n) is 10.2. The molecule has 1 aromatic carbocycles. The van der Waals surface area contributed by atoms with Crippen molar-refractivity contribution in [2.45, 2.75) is 13.5 Å². The molecule has 0 bridgehead atoms. The molecule has 0 fully saturated rings. The molecule has 0 radical (unpaired) electrons. The summed E-state index contributed by atoms with van der Waals surface area (Å²) < 4.78 is 14.5. The van der Waals surface area contributed by atoms with Crippen molar-refractivity contribution < 1.29 is 4.39 Å². The van der Waals surface area contributed by atoms with Gasteiger partial charge in [-0.1, -0.05) is 15.9 Å². The Morgan fingerprint density at radius 2 is 2.06 bits per heavy atom. The van der Waals surface area contributed by atoms with Crippen LogP contribution in [-0.4, -0.2) is 17.0 Å². The van der Waals surface area contributed by atoms with Crippen LogP contribution in [0.4, 0.5) is 10.2 Å². The van der Waals surface area contributed by atoms with E-state index in [9.17, 15) is 4.39 Å². The minimum absolute atomic E-state index is 0.212. The van der Waals surface area contributed by atoms with Gasteiger partial charge in [0.25, 0.3) is 0 Å². The van der Waals surface area contributed by atoms with E-state index < -0.39 is 0 Å². The minimum Gasteiger partial charge on any atom is -0.355 e. The summed E-state index contributed by atoms with van der Waals surface area (Å²) in [6.07, 6.45) is 1.51. The molecule has 5 heteroatoms. The third-order valence-electron chi connectivity index (χ3n) is 2.60. The number of halogens is 2. The predicted molar refractivity (Wildman–Crippen MR) is 73.0 cm³/mol. The maximum atomic E-state index is 13.6. The fourth-order valence-electron chi connectivity index (χ4n) is 1.65. The molecule has 94 valence electrons. The molecule has 0 N–H and O–H groups in total. The number of rotatable bonds is 3. The van der Waals surface area contributed by atoms with Gasteiger partial charge in [0, 0.05) is 35.4 Å². The number of hydrogen-bond acceptors (Lipinski definition) is 3. The Hall–Kier alpha value is -1.49. The standard InChI is InChI=1S/C13H13BrFN3/c1-9-5-13(17-8-16-9)18(2)7-10-6-11(14)3-4-12(10)15/h3-6,8H,7H2,1-2H3. The third kappa shape index (κ3) is 3.04. The summed E-state index contributed by atoms with van der Waals surface area (Å²) in [6, 6.07) is 6.79. The molecular formula is C13H13BrFN3. The Bertz CT molecular complexity index is 560. The van der Waals surface area contributed by atoms with Crippen LogP contribution < -0.4 is 4.90 Å². The van der Waals surface area contributed by atoms with Gasteiger partial charge in [-0.15, -0.1) is 0 Å². The monoisotopic (exact) mass is 309 g/mol. The molecular weight excluding hydrogens is 297 g/mol. The Morgan fingerprint density at radius 1 is 1.28 bits per heavy atom. The molecule has 0 aliphatic heterocycles. The second-order valence-electron chi connectivity index (χ2n) is 4.11. The van der Waals surface area contributed by atoms with Crippen LogP contribution in [0.5, 0.6) is 0 Å². The van der Waals surface area contributed by atoms with Crippen LogP contribution in [0.3, 0.4) is 0 Å². The van der Waals surface area contributed by atoms with Gasteiger partial charge in [0.1, 0.15) is 18.0 Å². The van der Waals surface area contributed by atoms with Crippen LogP contribution in [0.2, 0.25) is 0 Å². The van der Waals surface area contributed by atoms with Crippen LogP contribution in [-0.2, 0) is 6.54 Å². The highest BCUT2D eigenvalue weighted by molar-refractivity contribution is 9.10. The van der Waals surface area contributed by atoms with Gasteiger partial charge in [-0.3, -0.25) is 0 Å². The fourth-order valence-corrected chi connectivity index (χ4v) is 2.06. The number of hydrogen-bond donors (Lipinski definition) is 0. The second-order valence-corrected chi connectivity index (χ2v) is 5.03. The molecule has 0 aliphatic carbocycles. The van der Waals surface area contributed by atoms with Crippen LogP contribution in [0.1, 0.15) is 11.3 Å². The van der Waals surface area contributed by atoms with Gasteiger partial charge in [0.2, 0.25) is 0 Å². The van der Waals surface area contributed by atoms with E-state index in [0.29, 0.717) is 12.1 Å². The molecule has 1 aromatic heterocycles. The topological polar surface area (TPSA) is 29.0 Å². The van der Waals surface area contributed by atoms with E-state index in [1.807, 2.05) is 24.9 Å². The van der Waals surface area contributed by atoms with Gasteiger partial charge in [0.15, 0.2) is 0 Å². The summed E-state index contributed by atoms with van der Waals surface area (Å²) in [5.74, 6) is 0.567. The van der Waals surface area contributed by atoms with Crippen molar-refractivity contribution in [2.24, 2.45) is 0 Å². The lowest BCUT2D eigenvalue weighted by Gasteiger charge is -2.18. The van der Waals surface area contributed by atoms with Gasteiger partial charge in [0.05, 0.1) is 0 Å². The molecule has 0 aliphatic rings. The van der Waals surface area contributed by atoms with Crippen molar-refractivity contribution in [2.75, 3.05) is 11.9 Å². The molecule has 1 heterocycles. The largest absolute Gasteiger partial charge is 0.355 e. The van der Waals surface area contributed by atoms with Crippen LogP contribution in [0, 0.1) is 12.7 Å². The zero-order chi connectivity index (χ0) is 13.1.